The van der Waals surface area contributed by atoms with Crippen LogP contribution in [0, 0.1) is 0 Å². The maximum atomic E-state index is 12.2. The van der Waals surface area contributed by atoms with E-state index in [2.05, 4.69) is 5.32 Å². The van der Waals surface area contributed by atoms with Crippen LogP contribution in [0.4, 0.5) is 4.79 Å². The molecule has 0 aliphatic carbocycles. The van der Waals surface area contributed by atoms with Crippen molar-refractivity contribution in [1.82, 2.24) is 10.2 Å². The van der Waals surface area contributed by atoms with Crippen LogP contribution in [-0.2, 0) is 14.3 Å². The molecule has 27 heavy (non-hydrogen) atoms. The van der Waals surface area contributed by atoms with Crippen LogP contribution in [0.25, 0.3) is 0 Å². The minimum atomic E-state index is -0.991. The Labute approximate surface area is 155 Å². The number of esters is 1. The highest BCUT2D eigenvalue weighted by Gasteiger charge is 2.44. The molecule has 9 nitrogen and oxygen atoms in total. The lowest BCUT2D eigenvalue weighted by Gasteiger charge is -2.18. The lowest BCUT2D eigenvalue weighted by molar-refractivity contribution is -0.143. The maximum Gasteiger partial charge on any atom is 0.325 e. The molecule has 1 aromatic carbocycles. The van der Waals surface area contributed by atoms with Crippen molar-refractivity contribution in [2.75, 3.05) is 26.4 Å². The minimum Gasteiger partial charge on any atom is -0.486 e. The van der Waals surface area contributed by atoms with E-state index in [9.17, 15) is 19.2 Å². The van der Waals surface area contributed by atoms with E-state index in [0.717, 1.165) is 4.90 Å². The van der Waals surface area contributed by atoms with Crippen LogP contribution in [0.5, 0.6) is 11.5 Å². The topological polar surface area (TPSA) is 111 Å². The number of carbonyl (C=O) groups excluding carboxylic acids is 4. The summed E-state index contributed by atoms with van der Waals surface area (Å²) in [6, 6.07) is 4.19. The molecule has 0 unspecified atom stereocenters. The van der Waals surface area contributed by atoms with Crippen LogP contribution in [-0.4, -0.2) is 60.5 Å². The SMILES string of the molecule is CC1(C)NC(=O)N(CCC(=O)OCC(=O)c2ccc3c(c2)OCCO3)C1=O. The summed E-state index contributed by atoms with van der Waals surface area (Å²) in [5, 5.41) is 2.52. The summed E-state index contributed by atoms with van der Waals surface area (Å²) in [4.78, 5) is 48.8. The second-order valence-electron chi connectivity index (χ2n) is 6.70. The summed E-state index contributed by atoms with van der Waals surface area (Å²) < 4.78 is 15.7. The van der Waals surface area contributed by atoms with Crippen LogP contribution in [0.1, 0.15) is 30.6 Å². The monoisotopic (exact) mass is 376 g/mol. The fourth-order valence-electron chi connectivity index (χ4n) is 2.74. The van der Waals surface area contributed by atoms with Gasteiger partial charge in [-0.15, -0.1) is 0 Å². The number of ketones is 1. The molecule has 9 heteroatoms. The first-order valence-corrected chi connectivity index (χ1v) is 8.50. The van der Waals surface area contributed by atoms with Gasteiger partial charge in [0.25, 0.3) is 5.91 Å². The number of imide groups is 1. The highest BCUT2D eigenvalue weighted by Crippen LogP contribution is 2.30. The third kappa shape index (κ3) is 4.02. The number of amides is 3. The van der Waals surface area contributed by atoms with E-state index in [0.29, 0.717) is 30.3 Å². The molecular formula is C18H20N2O7. The van der Waals surface area contributed by atoms with E-state index < -0.39 is 35.8 Å². The third-order valence-electron chi connectivity index (χ3n) is 4.21. The fraction of sp³-hybridized carbons (Fsp3) is 0.444. The van der Waals surface area contributed by atoms with E-state index >= 15 is 0 Å². The number of carbonyl (C=O) groups is 4. The van der Waals surface area contributed by atoms with Gasteiger partial charge in [-0.05, 0) is 32.0 Å². The molecule has 1 saturated heterocycles. The Morgan fingerprint density at radius 2 is 1.89 bits per heavy atom. The van der Waals surface area contributed by atoms with Gasteiger partial charge >= 0.3 is 12.0 Å². The average molecular weight is 376 g/mol. The number of hydrogen-bond acceptors (Lipinski definition) is 7. The molecule has 0 aromatic heterocycles. The van der Waals surface area contributed by atoms with Crippen molar-refractivity contribution in [3.63, 3.8) is 0 Å². The number of Topliss-reactive ketones (excluding diaryl/α,β-unsaturated/α-hetero) is 1. The molecule has 0 saturated carbocycles. The van der Waals surface area contributed by atoms with Gasteiger partial charge in [0.2, 0.25) is 0 Å². The number of urea groups is 1. The predicted octanol–water partition coefficient (Wildman–Crippen LogP) is 0.904. The normalized spacial score (nSPS) is 17.5. The zero-order valence-electron chi connectivity index (χ0n) is 15.1. The molecule has 0 spiro atoms. The Hall–Kier alpha value is -3.10. The summed E-state index contributed by atoms with van der Waals surface area (Å²) in [5.41, 5.74) is -0.655. The Morgan fingerprint density at radius 3 is 2.56 bits per heavy atom. The zero-order valence-corrected chi connectivity index (χ0v) is 15.1. The Balaban J connectivity index is 1.48. The number of nitrogens with zero attached hydrogens (tertiary/aromatic N) is 1. The van der Waals surface area contributed by atoms with E-state index in [1.807, 2.05) is 0 Å². The Bertz CT molecular complexity index is 803. The van der Waals surface area contributed by atoms with Gasteiger partial charge in [-0.25, -0.2) is 4.79 Å². The van der Waals surface area contributed by atoms with Crippen LogP contribution in [0.2, 0.25) is 0 Å². The van der Waals surface area contributed by atoms with Crippen molar-refractivity contribution >= 4 is 23.7 Å². The molecule has 1 aromatic rings. The summed E-state index contributed by atoms with van der Waals surface area (Å²) in [5.74, 6) is -0.443. The summed E-state index contributed by atoms with van der Waals surface area (Å²) in [6.45, 7) is 3.47. The van der Waals surface area contributed by atoms with E-state index in [-0.39, 0.29) is 13.0 Å². The molecule has 0 radical (unpaired) electrons. The second kappa shape index (κ2) is 7.26. The third-order valence-corrected chi connectivity index (χ3v) is 4.21. The maximum absolute atomic E-state index is 12.2. The molecule has 2 aliphatic rings. The fourth-order valence-corrected chi connectivity index (χ4v) is 2.74. The van der Waals surface area contributed by atoms with Crippen LogP contribution >= 0.6 is 0 Å². The van der Waals surface area contributed by atoms with E-state index in [4.69, 9.17) is 14.2 Å². The quantitative estimate of drug-likeness (QED) is 0.446. The van der Waals surface area contributed by atoms with Gasteiger partial charge in [0.1, 0.15) is 18.8 Å². The van der Waals surface area contributed by atoms with Crippen LogP contribution in [0.15, 0.2) is 18.2 Å². The molecule has 0 atom stereocenters. The molecule has 2 aliphatic heterocycles. The highest BCUT2D eigenvalue weighted by molar-refractivity contribution is 6.06. The smallest absolute Gasteiger partial charge is 0.325 e. The molecule has 3 amide bonds. The van der Waals surface area contributed by atoms with Crippen molar-refractivity contribution in [1.29, 1.82) is 0 Å². The first kappa shape index (κ1) is 18.7. The van der Waals surface area contributed by atoms with Gasteiger partial charge in [-0.3, -0.25) is 19.3 Å². The lowest BCUT2D eigenvalue weighted by Crippen LogP contribution is -2.40. The van der Waals surface area contributed by atoms with Crippen LogP contribution in [0.3, 0.4) is 0 Å². The van der Waals surface area contributed by atoms with Gasteiger partial charge in [0, 0.05) is 12.1 Å². The molecule has 1 N–H and O–H groups in total. The van der Waals surface area contributed by atoms with E-state index in [1.54, 1.807) is 32.0 Å². The summed E-state index contributed by atoms with van der Waals surface area (Å²) >= 11 is 0. The number of rotatable bonds is 6. The zero-order chi connectivity index (χ0) is 19.6. The van der Waals surface area contributed by atoms with Crippen molar-refractivity contribution in [3.05, 3.63) is 23.8 Å². The predicted molar refractivity (Wildman–Crippen MR) is 91.7 cm³/mol. The molecule has 1 fully saturated rings. The molecule has 144 valence electrons. The number of hydrogen-bond donors (Lipinski definition) is 1. The van der Waals surface area contributed by atoms with Crippen molar-refractivity contribution in [2.24, 2.45) is 0 Å². The van der Waals surface area contributed by atoms with Crippen molar-refractivity contribution < 1.29 is 33.4 Å². The van der Waals surface area contributed by atoms with Crippen molar-refractivity contribution in [3.8, 4) is 11.5 Å². The summed E-state index contributed by atoms with van der Waals surface area (Å²) in [7, 11) is 0. The average Bonchev–Trinajstić information content (AvgIpc) is 2.84. The standard InChI is InChI=1S/C18H20N2O7/c1-18(2)16(23)20(17(24)19-18)6-5-15(22)27-10-12(21)11-3-4-13-14(9-11)26-8-7-25-13/h3-4,9H,5-8,10H2,1-2H3,(H,19,24). The number of benzene rings is 1. The molecular weight excluding hydrogens is 356 g/mol. The van der Waals surface area contributed by atoms with Crippen LogP contribution < -0.4 is 14.8 Å². The number of ether oxygens (including phenoxy) is 3. The Kier molecular flexibility index (Phi) is 5.02. The van der Waals surface area contributed by atoms with Gasteiger partial charge < -0.3 is 19.5 Å². The number of nitrogens with one attached hydrogen (secondary N) is 1. The van der Waals surface area contributed by atoms with Gasteiger partial charge in [-0.1, -0.05) is 0 Å². The number of fused-ring (bicyclic) bond motifs is 1. The highest BCUT2D eigenvalue weighted by atomic mass is 16.6. The van der Waals surface area contributed by atoms with Gasteiger partial charge in [0.05, 0.1) is 6.42 Å². The molecule has 3 rings (SSSR count). The molecule has 2 heterocycles. The molecule has 0 bridgehead atoms. The van der Waals surface area contributed by atoms with Gasteiger partial charge in [0.15, 0.2) is 23.9 Å². The Morgan fingerprint density at radius 1 is 1.19 bits per heavy atom. The van der Waals surface area contributed by atoms with E-state index in [1.165, 1.54) is 0 Å². The lowest BCUT2D eigenvalue weighted by atomic mass is 10.1. The van der Waals surface area contributed by atoms with Gasteiger partial charge in [-0.2, -0.15) is 0 Å². The van der Waals surface area contributed by atoms with Crippen molar-refractivity contribution in [2.45, 2.75) is 25.8 Å². The minimum absolute atomic E-state index is 0.106. The largest absolute Gasteiger partial charge is 0.486 e. The first-order valence-electron chi connectivity index (χ1n) is 8.50. The first-order chi connectivity index (χ1) is 12.8. The second-order valence-corrected chi connectivity index (χ2v) is 6.70. The summed E-state index contributed by atoms with van der Waals surface area (Å²) in [6.07, 6.45) is -0.191.